The second-order valence-corrected chi connectivity index (χ2v) is 4.29. The van der Waals surface area contributed by atoms with Crippen LogP contribution in [-0.4, -0.2) is 22.3 Å². The van der Waals surface area contributed by atoms with E-state index < -0.39 is 0 Å². The summed E-state index contributed by atoms with van der Waals surface area (Å²) in [6.45, 7) is 0. The molecule has 1 saturated carbocycles. The molecule has 1 aromatic heterocycles. The van der Waals surface area contributed by atoms with Crippen LogP contribution in [0.3, 0.4) is 0 Å². The second kappa shape index (κ2) is 5.58. The van der Waals surface area contributed by atoms with Crippen molar-refractivity contribution in [3.05, 3.63) is 18.0 Å². The lowest BCUT2D eigenvalue weighted by Crippen LogP contribution is -2.19. The van der Waals surface area contributed by atoms with Crippen LogP contribution in [0.4, 0.5) is 5.95 Å². The number of aldehydes is 1. The van der Waals surface area contributed by atoms with Crippen LogP contribution >= 0.6 is 0 Å². The summed E-state index contributed by atoms with van der Waals surface area (Å²) in [6.07, 6.45) is 11.5. The van der Waals surface area contributed by atoms with E-state index in [0.29, 0.717) is 17.6 Å². The molecule has 1 heterocycles. The summed E-state index contributed by atoms with van der Waals surface area (Å²) in [5.74, 6) is 0.637. The number of carbonyl (C=O) groups excluding carboxylic acids is 1. The quantitative estimate of drug-likeness (QED) is 0.626. The summed E-state index contributed by atoms with van der Waals surface area (Å²) in [7, 11) is 0. The molecule has 4 heteroatoms. The topological polar surface area (TPSA) is 54.9 Å². The van der Waals surface area contributed by atoms with Crippen molar-refractivity contribution >= 4 is 12.2 Å². The number of carbonyl (C=O) groups is 1. The third-order valence-corrected chi connectivity index (χ3v) is 3.00. The van der Waals surface area contributed by atoms with Crippen LogP contribution in [0.2, 0.25) is 0 Å². The van der Waals surface area contributed by atoms with E-state index in [1.165, 1.54) is 38.5 Å². The normalized spacial score (nSPS) is 17.8. The molecule has 0 bridgehead atoms. The molecule has 0 atom stereocenters. The van der Waals surface area contributed by atoms with E-state index in [0.717, 1.165) is 6.29 Å². The van der Waals surface area contributed by atoms with Crippen molar-refractivity contribution in [2.45, 2.75) is 44.6 Å². The predicted molar refractivity (Wildman–Crippen MR) is 62.5 cm³/mol. The van der Waals surface area contributed by atoms with Crippen molar-refractivity contribution < 1.29 is 4.79 Å². The molecule has 2 rings (SSSR count). The van der Waals surface area contributed by atoms with Gasteiger partial charge in [-0.3, -0.25) is 4.79 Å². The van der Waals surface area contributed by atoms with Crippen LogP contribution in [0.15, 0.2) is 12.4 Å². The molecule has 0 unspecified atom stereocenters. The highest BCUT2D eigenvalue weighted by molar-refractivity contribution is 5.73. The van der Waals surface area contributed by atoms with Crippen LogP contribution in [0.1, 0.15) is 48.9 Å². The van der Waals surface area contributed by atoms with Gasteiger partial charge in [-0.2, -0.15) is 0 Å². The number of rotatable bonds is 3. The first-order valence-corrected chi connectivity index (χ1v) is 5.92. The Bertz CT molecular complexity index is 329. The number of aromatic nitrogens is 2. The van der Waals surface area contributed by atoms with Crippen molar-refractivity contribution in [1.29, 1.82) is 0 Å². The van der Waals surface area contributed by atoms with E-state index in [4.69, 9.17) is 0 Å². The SMILES string of the molecule is O=Cc1cnc(NC2CCCCCC2)nc1. The molecule has 86 valence electrons. The Hall–Kier alpha value is -1.45. The van der Waals surface area contributed by atoms with E-state index in [1.807, 2.05) is 0 Å². The van der Waals surface area contributed by atoms with Crippen LogP contribution < -0.4 is 5.32 Å². The van der Waals surface area contributed by atoms with Crippen molar-refractivity contribution in [3.8, 4) is 0 Å². The van der Waals surface area contributed by atoms with Gasteiger partial charge < -0.3 is 5.32 Å². The Balaban J connectivity index is 1.93. The lowest BCUT2D eigenvalue weighted by molar-refractivity contribution is 0.112. The van der Waals surface area contributed by atoms with Crippen molar-refractivity contribution in [1.82, 2.24) is 9.97 Å². The van der Waals surface area contributed by atoms with Gasteiger partial charge in [0.25, 0.3) is 0 Å². The summed E-state index contributed by atoms with van der Waals surface area (Å²) >= 11 is 0. The summed E-state index contributed by atoms with van der Waals surface area (Å²) in [5, 5.41) is 3.33. The first-order chi connectivity index (χ1) is 7.88. The molecule has 0 saturated heterocycles. The van der Waals surface area contributed by atoms with Crippen molar-refractivity contribution in [2.24, 2.45) is 0 Å². The minimum Gasteiger partial charge on any atom is -0.351 e. The lowest BCUT2D eigenvalue weighted by Gasteiger charge is -2.15. The molecule has 1 N–H and O–H groups in total. The van der Waals surface area contributed by atoms with Gasteiger partial charge in [-0.25, -0.2) is 9.97 Å². The summed E-state index contributed by atoms with van der Waals surface area (Å²) in [5.41, 5.74) is 0.520. The monoisotopic (exact) mass is 219 g/mol. The third kappa shape index (κ3) is 3.02. The average molecular weight is 219 g/mol. The molecule has 16 heavy (non-hydrogen) atoms. The average Bonchev–Trinajstić information content (AvgIpc) is 2.59. The van der Waals surface area contributed by atoms with Gasteiger partial charge in [-0.05, 0) is 12.8 Å². The van der Waals surface area contributed by atoms with E-state index in [-0.39, 0.29) is 0 Å². The highest BCUT2D eigenvalue weighted by Crippen LogP contribution is 2.19. The predicted octanol–water partition coefficient (Wildman–Crippen LogP) is 2.42. The first kappa shape index (κ1) is 11.0. The van der Waals surface area contributed by atoms with Crippen LogP contribution in [0.5, 0.6) is 0 Å². The number of hydrogen-bond donors (Lipinski definition) is 1. The van der Waals surface area contributed by atoms with Crippen molar-refractivity contribution in [2.75, 3.05) is 5.32 Å². The summed E-state index contributed by atoms with van der Waals surface area (Å²) in [6, 6.07) is 0.490. The van der Waals surface area contributed by atoms with Gasteiger partial charge in [-0.15, -0.1) is 0 Å². The Morgan fingerprint density at radius 3 is 2.31 bits per heavy atom. The van der Waals surface area contributed by atoms with Gasteiger partial charge in [-0.1, -0.05) is 25.7 Å². The zero-order chi connectivity index (χ0) is 11.2. The van der Waals surface area contributed by atoms with Gasteiger partial charge in [0.15, 0.2) is 6.29 Å². The van der Waals surface area contributed by atoms with E-state index in [2.05, 4.69) is 15.3 Å². The molecule has 1 aliphatic rings. The maximum absolute atomic E-state index is 10.5. The van der Waals surface area contributed by atoms with Crippen LogP contribution in [-0.2, 0) is 0 Å². The van der Waals surface area contributed by atoms with E-state index >= 15 is 0 Å². The smallest absolute Gasteiger partial charge is 0.222 e. The molecule has 0 amide bonds. The Labute approximate surface area is 95.5 Å². The van der Waals surface area contributed by atoms with Gasteiger partial charge >= 0.3 is 0 Å². The summed E-state index contributed by atoms with van der Waals surface area (Å²) in [4.78, 5) is 18.7. The van der Waals surface area contributed by atoms with E-state index in [1.54, 1.807) is 12.4 Å². The fourth-order valence-electron chi connectivity index (χ4n) is 2.08. The van der Waals surface area contributed by atoms with Crippen molar-refractivity contribution in [3.63, 3.8) is 0 Å². The number of nitrogens with zero attached hydrogens (tertiary/aromatic N) is 2. The molecule has 0 aromatic carbocycles. The fraction of sp³-hybridized carbons (Fsp3) is 0.583. The Morgan fingerprint density at radius 2 is 1.75 bits per heavy atom. The van der Waals surface area contributed by atoms with Gasteiger partial charge in [0.1, 0.15) is 0 Å². The van der Waals surface area contributed by atoms with Crippen LogP contribution in [0, 0.1) is 0 Å². The second-order valence-electron chi connectivity index (χ2n) is 4.29. The zero-order valence-corrected chi connectivity index (χ0v) is 9.35. The molecule has 1 aromatic rings. The lowest BCUT2D eigenvalue weighted by atomic mass is 10.1. The highest BCUT2D eigenvalue weighted by atomic mass is 16.1. The molecule has 0 radical (unpaired) electrons. The minimum absolute atomic E-state index is 0.490. The Morgan fingerprint density at radius 1 is 1.12 bits per heavy atom. The third-order valence-electron chi connectivity index (χ3n) is 3.00. The standard InChI is InChI=1S/C12H17N3O/c16-9-10-7-13-12(14-8-10)15-11-5-3-1-2-4-6-11/h7-9,11H,1-6H2,(H,13,14,15). The fourth-order valence-corrected chi connectivity index (χ4v) is 2.08. The highest BCUT2D eigenvalue weighted by Gasteiger charge is 2.12. The maximum Gasteiger partial charge on any atom is 0.222 e. The molecular weight excluding hydrogens is 202 g/mol. The number of nitrogens with one attached hydrogen (secondary N) is 1. The molecule has 1 fully saturated rings. The van der Waals surface area contributed by atoms with E-state index in [9.17, 15) is 4.79 Å². The number of anilines is 1. The molecule has 0 spiro atoms. The largest absolute Gasteiger partial charge is 0.351 e. The molecular formula is C12H17N3O. The zero-order valence-electron chi connectivity index (χ0n) is 9.35. The van der Waals surface area contributed by atoms with Gasteiger partial charge in [0.05, 0.1) is 5.56 Å². The van der Waals surface area contributed by atoms with Crippen LogP contribution in [0.25, 0.3) is 0 Å². The minimum atomic E-state index is 0.490. The molecule has 4 nitrogen and oxygen atoms in total. The van der Waals surface area contributed by atoms with Gasteiger partial charge in [0, 0.05) is 18.4 Å². The first-order valence-electron chi connectivity index (χ1n) is 5.92. The van der Waals surface area contributed by atoms with Gasteiger partial charge in [0.2, 0.25) is 5.95 Å². The molecule has 0 aliphatic heterocycles. The maximum atomic E-state index is 10.5. The molecule has 1 aliphatic carbocycles. The number of hydrogen-bond acceptors (Lipinski definition) is 4. The Kier molecular flexibility index (Phi) is 3.86. The summed E-state index contributed by atoms with van der Waals surface area (Å²) < 4.78 is 0.